The number of hydrogen-bond acceptors (Lipinski definition) is 2. The highest BCUT2D eigenvalue weighted by Crippen LogP contribution is 2.32. The molecule has 0 aliphatic heterocycles. The van der Waals surface area contributed by atoms with Gasteiger partial charge in [0.25, 0.3) is 0 Å². The van der Waals surface area contributed by atoms with E-state index in [9.17, 15) is 9.90 Å². The van der Waals surface area contributed by atoms with Crippen LogP contribution in [0.4, 0.5) is 0 Å². The summed E-state index contributed by atoms with van der Waals surface area (Å²) < 4.78 is 1.21. The molecule has 2 nitrogen and oxygen atoms in total. The summed E-state index contributed by atoms with van der Waals surface area (Å²) in [6, 6.07) is 12.8. The Labute approximate surface area is 128 Å². The van der Waals surface area contributed by atoms with E-state index in [4.69, 9.17) is 0 Å². The number of rotatable bonds is 3. The van der Waals surface area contributed by atoms with Gasteiger partial charge in [0, 0.05) is 4.47 Å². The molecule has 2 aromatic rings. The van der Waals surface area contributed by atoms with Gasteiger partial charge in [0.15, 0.2) is 5.78 Å². The van der Waals surface area contributed by atoms with Gasteiger partial charge in [0.2, 0.25) is 0 Å². The fourth-order valence-corrected chi connectivity index (χ4v) is 2.80. The average Bonchev–Trinajstić information content (AvgIpc) is 2.41. The Morgan fingerprint density at radius 1 is 1.11 bits per heavy atom. The largest absolute Gasteiger partial charge is 0.506 e. The van der Waals surface area contributed by atoms with Crippen molar-refractivity contribution in [3.05, 3.63) is 68.6 Å². The van der Waals surface area contributed by atoms with Crippen molar-refractivity contribution in [2.45, 2.75) is 0 Å². The minimum Gasteiger partial charge on any atom is -0.506 e. The van der Waals surface area contributed by atoms with Gasteiger partial charge in [-0.2, -0.15) is 0 Å². The Morgan fingerprint density at radius 2 is 1.79 bits per heavy atom. The molecule has 2 rings (SSSR count). The van der Waals surface area contributed by atoms with Crippen LogP contribution in [0.2, 0.25) is 0 Å². The molecule has 0 amide bonds. The molecule has 0 aliphatic rings. The van der Waals surface area contributed by atoms with Crippen molar-refractivity contribution < 1.29 is 9.90 Å². The summed E-state index contributed by atoms with van der Waals surface area (Å²) in [6.07, 6.45) is 3.17. The van der Waals surface area contributed by atoms with Crippen molar-refractivity contribution in [3.63, 3.8) is 0 Å². The molecule has 0 saturated carbocycles. The molecule has 0 aliphatic carbocycles. The normalized spacial score (nSPS) is 10.8. The minimum absolute atomic E-state index is 0.0501. The number of carbonyl (C=O) groups excluding carboxylic acids is 1. The van der Waals surface area contributed by atoms with Gasteiger partial charge in [0.1, 0.15) is 5.75 Å². The number of halogens is 2. The van der Waals surface area contributed by atoms with Crippen LogP contribution in [0.5, 0.6) is 5.75 Å². The second kappa shape index (κ2) is 6.17. The van der Waals surface area contributed by atoms with Crippen molar-refractivity contribution in [3.8, 4) is 5.75 Å². The summed E-state index contributed by atoms with van der Waals surface area (Å²) in [5.41, 5.74) is 1.19. The zero-order valence-corrected chi connectivity index (χ0v) is 13.0. The highest BCUT2D eigenvalue weighted by molar-refractivity contribution is 9.11. The van der Waals surface area contributed by atoms with E-state index in [0.29, 0.717) is 4.47 Å². The summed E-state index contributed by atoms with van der Waals surface area (Å²) in [5, 5.41) is 9.87. The van der Waals surface area contributed by atoms with Gasteiger partial charge >= 0.3 is 0 Å². The van der Waals surface area contributed by atoms with E-state index >= 15 is 0 Å². The molecular weight excluding hydrogens is 372 g/mol. The Balaban J connectivity index is 2.28. The molecule has 0 bridgehead atoms. The van der Waals surface area contributed by atoms with E-state index in [2.05, 4.69) is 31.9 Å². The number of ketones is 1. The zero-order valence-electron chi connectivity index (χ0n) is 9.81. The third kappa shape index (κ3) is 3.55. The van der Waals surface area contributed by atoms with Crippen molar-refractivity contribution in [2.75, 3.05) is 0 Å². The van der Waals surface area contributed by atoms with Crippen LogP contribution >= 0.6 is 31.9 Å². The smallest absolute Gasteiger partial charge is 0.189 e. The van der Waals surface area contributed by atoms with Crippen LogP contribution in [0.1, 0.15) is 15.9 Å². The lowest BCUT2D eigenvalue weighted by molar-refractivity contribution is 0.104. The molecule has 19 heavy (non-hydrogen) atoms. The fraction of sp³-hybridized carbons (Fsp3) is 0. The van der Waals surface area contributed by atoms with E-state index in [1.165, 1.54) is 6.08 Å². The van der Waals surface area contributed by atoms with Crippen LogP contribution in [0, 0.1) is 0 Å². The molecule has 0 saturated heterocycles. The van der Waals surface area contributed by atoms with E-state index in [-0.39, 0.29) is 17.1 Å². The predicted octanol–water partition coefficient (Wildman–Crippen LogP) is 4.81. The Morgan fingerprint density at radius 3 is 2.47 bits per heavy atom. The summed E-state index contributed by atoms with van der Waals surface area (Å²) in [7, 11) is 0. The fourth-order valence-electron chi connectivity index (χ4n) is 1.58. The third-order valence-electron chi connectivity index (χ3n) is 2.52. The Kier molecular flexibility index (Phi) is 4.56. The standard InChI is InChI=1S/C15H10Br2O2/c16-11-8-12(15(19)13(17)9-11)14(18)7-6-10-4-2-1-3-5-10/h1-9,19H/b7-6+. The second-order valence-electron chi connectivity index (χ2n) is 3.89. The van der Waals surface area contributed by atoms with Crippen molar-refractivity contribution in [2.24, 2.45) is 0 Å². The highest BCUT2D eigenvalue weighted by Gasteiger charge is 2.12. The van der Waals surface area contributed by atoms with Gasteiger partial charge < -0.3 is 5.11 Å². The van der Waals surface area contributed by atoms with Crippen LogP contribution in [0.25, 0.3) is 6.08 Å². The maximum Gasteiger partial charge on any atom is 0.189 e. The van der Waals surface area contributed by atoms with Crippen LogP contribution in [-0.2, 0) is 0 Å². The number of hydrogen-bond donors (Lipinski definition) is 1. The summed E-state index contributed by atoms with van der Waals surface area (Å²) >= 11 is 6.50. The van der Waals surface area contributed by atoms with Gasteiger partial charge in [-0.15, -0.1) is 0 Å². The molecule has 96 valence electrons. The number of phenols is 1. The first-order valence-electron chi connectivity index (χ1n) is 5.53. The van der Waals surface area contributed by atoms with Gasteiger partial charge in [-0.3, -0.25) is 4.79 Å². The molecule has 4 heteroatoms. The lowest BCUT2D eigenvalue weighted by atomic mass is 10.1. The third-order valence-corrected chi connectivity index (χ3v) is 3.58. The van der Waals surface area contributed by atoms with E-state index in [0.717, 1.165) is 10.0 Å². The van der Waals surface area contributed by atoms with E-state index in [1.54, 1.807) is 18.2 Å². The maximum atomic E-state index is 12.1. The summed E-state index contributed by atoms with van der Waals surface area (Å²) in [5.74, 6) is -0.297. The van der Waals surface area contributed by atoms with Crippen molar-refractivity contribution in [1.82, 2.24) is 0 Å². The number of benzene rings is 2. The molecule has 2 aromatic carbocycles. The topological polar surface area (TPSA) is 37.3 Å². The van der Waals surface area contributed by atoms with Crippen LogP contribution in [0.15, 0.2) is 57.5 Å². The van der Waals surface area contributed by atoms with Crippen LogP contribution < -0.4 is 0 Å². The molecule has 0 unspecified atom stereocenters. The number of phenolic OH excluding ortho intramolecular Hbond substituents is 1. The average molecular weight is 382 g/mol. The Bertz CT molecular complexity index is 634. The van der Waals surface area contributed by atoms with Gasteiger partial charge in [0.05, 0.1) is 10.0 Å². The number of carbonyl (C=O) groups is 1. The first-order chi connectivity index (χ1) is 9.08. The zero-order chi connectivity index (χ0) is 13.8. The van der Waals surface area contributed by atoms with E-state index in [1.807, 2.05) is 30.3 Å². The quantitative estimate of drug-likeness (QED) is 0.611. The predicted molar refractivity (Wildman–Crippen MR) is 83.3 cm³/mol. The monoisotopic (exact) mass is 380 g/mol. The Hall–Kier alpha value is -1.39. The first-order valence-corrected chi connectivity index (χ1v) is 7.12. The molecule has 0 radical (unpaired) electrons. The minimum atomic E-state index is -0.247. The second-order valence-corrected chi connectivity index (χ2v) is 5.66. The van der Waals surface area contributed by atoms with Crippen molar-refractivity contribution >= 4 is 43.7 Å². The maximum absolute atomic E-state index is 12.1. The number of allylic oxidation sites excluding steroid dienone is 1. The summed E-state index contributed by atoms with van der Waals surface area (Å²) in [6.45, 7) is 0. The van der Waals surface area contributed by atoms with Crippen LogP contribution in [0.3, 0.4) is 0 Å². The molecule has 1 N–H and O–H groups in total. The lowest BCUT2D eigenvalue weighted by Crippen LogP contribution is -1.95. The molecule has 0 fully saturated rings. The molecule has 0 heterocycles. The SMILES string of the molecule is O=C(/C=C/c1ccccc1)c1cc(Br)cc(Br)c1O. The summed E-state index contributed by atoms with van der Waals surface area (Å²) in [4.78, 5) is 12.1. The molecular formula is C15H10Br2O2. The lowest BCUT2D eigenvalue weighted by Gasteiger charge is -2.04. The van der Waals surface area contributed by atoms with Crippen molar-refractivity contribution in [1.29, 1.82) is 0 Å². The van der Waals surface area contributed by atoms with Gasteiger partial charge in [-0.1, -0.05) is 52.3 Å². The molecule has 0 spiro atoms. The number of aromatic hydroxyl groups is 1. The van der Waals surface area contributed by atoms with Gasteiger partial charge in [-0.25, -0.2) is 0 Å². The first kappa shape index (κ1) is 14.0. The highest BCUT2D eigenvalue weighted by atomic mass is 79.9. The molecule has 0 aromatic heterocycles. The molecule has 0 atom stereocenters. The van der Waals surface area contributed by atoms with Gasteiger partial charge in [-0.05, 0) is 39.7 Å². The van der Waals surface area contributed by atoms with E-state index < -0.39 is 0 Å². The van der Waals surface area contributed by atoms with Crippen LogP contribution in [-0.4, -0.2) is 10.9 Å².